The number of nitrogens with two attached hydrogens (primary N) is 1. The fourth-order valence-corrected chi connectivity index (χ4v) is 0.748. The first kappa shape index (κ1) is 10.0. The number of urea groups is 1. The first-order valence-corrected chi connectivity index (χ1v) is 3.91. The summed E-state index contributed by atoms with van der Waals surface area (Å²) in [5.74, 6) is 0.366. The molecule has 1 aromatic rings. The van der Waals surface area contributed by atoms with Crippen LogP contribution in [0.2, 0.25) is 0 Å². The van der Waals surface area contributed by atoms with Gasteiger partial charge in [-0.15, -0.1) is 0 Å². The van der Waals surface area contributed by atoms with E-state index in [1.54, 1.807) is 30.3 Å². The molecule has 0 radical (unpaired) electrons. The van der Waals surface area contributed by atoms with Crippen LogP contribution in [-0.2, 0) is 0 Å². The molecule has 0 bridgehead atoms. The minimum Gasteiger partial charge on any atom is -0.410 e. The average Bonchev–Trinajstić information content (AvgIpc) is 2.18. The van der Waals surface area contributed by atoms with Crippen LogP contribution in [0.15, 0.2) is 30.3 Å². The molecule has 2 N–H and O–H groups in total. The van der Waals surface area contributed by atoms with E-state index in [1.807, 2.05) is 0 Å². The minimum atomic E-state index is -0.856. The second-order valence-electron chi connectivity index (χ2n) is 2.58. The molecule has 5 heteroatoms. The van der Waals surface area contributed by atoms with Crippen molar-refractivity contribution in [1.29, 1.82) is 0 Å². The Morgan fingerprint density at radius 1 is 1.29 bits per heavy atom. The van der Waals surface area contributed by atoms with E-state index in [1.165, 1.54) is 7.05 Å². The summed E-state index contributed by atoms with van der Waals surface area (Å²) in [6, 6.07) is 7.57. The Kier molecular flexibility index (Phi) is 3.06. The Morgan fingerprint density at radius 3 is 2.36 bits per heavy atom. The highest BCUT2D eigenvalue weighted by molar-refractivity contribution is 5.90. The van der Waals surface area contributed by atoms with E-state index in [-0.39, 0.29) is 0 Å². The lowest BCUT2D eigenvalue weighted by Crippen LogP contribution is -2.39. The van der Waals surface area contributed by atoms with Crippen LogP contribution >= 0.6 is 0 Å². The molecular weight excluding hydrogens is 184 g/mol. The van der Waals surface area contributed by atoms with Crippen molar-refractivity contribution in [1.82, 2.24) is 4.90 Å². The molecule has 0 spiro atoms. The molecule has 5 nitrogen and oxygen atoms in total. The average molecular weight is 194 g/mol. The Bertz CT molecular complexity index is 337. The molecule has 0 aliphatic heterocycles. The number of imide groups is 1. The van der Waals surface area contributed by atoms with Crippen LogP contribution in [0.4, 0.5) is 9.59 Å². The molecule has 1 aromatic carbocycles. The van der Waals surface area contributed by atoms with Gasteiger partial charge in [-0.1, -0.05) is 18.2 Å². The predicted molar refractivity (Wildman–Crippen MR) is 49.8 cm³/mol. The quantitative estimate of drug-likeness (QED) is 0.729. The fraction of sp³-hybridized carbons (Fsp3) is 0.111. The summed E-state index contributed by atoms with van der Waals surface area (Å²) < 4.78 is 4.82. The highest BCUT2D eigenvalue weighted by Gasteiger charge is 2.15. The van der Waals surface area contributed by atoms with Crippen molar-refractivity contribution in [3.05, 3.63) is 30.3 Å². The van der Waals surface area contributed by atoms with E-state index in [0.29, 0.717) is 10.6 Å². The van der Waals surface area contributed by atoms with Gasteiger partial charge in [-0.3, -0.25) is 0 Å². The number of carbonyl (C=O) groups is 2. The molecule has 14 heavy (non-hydrogen) atoms. The largest absolute Gasteiger partial charge is 0.423 e. The number of rotatable bonds is 1. The van der Waals surface area contributed by atoms with Crippen molar-refractivity contribution in [2.45, 2.75) is 0 Å². The van der Waals surface area contributed by atoms with E-state index in [2.05, 4.69) is 0 Å². The molecule has 0 saturated carbocycles. The monoisotopic (exact) mass is 194 g/mol. The number of nitrogens with zero attached hydrogens (tertiary/aromatic N) is 1. The summed E-state index contributed by atoms with van der Waals surface area (Å²) >= 11 is 0. The predicted octanol–water partition coefficient (Wildman–Crippen LogP) is 1.20. The molecule has 3 amide bonds. The van der Waals surface area contributed by atoms with Gasteiger partial charge in [-0.05, 0) is 12.1 Å². The smallest absolute Gasteiger partial charge is 0.410 e. The lowest BCUT2D eigenvalue weighted by atomic mass is 10.3. The van der Waals surface area contributed by atoms with Gasteiger partial charge in [0.05, 0.1) is 0 Å². The van der Waals surface area contributed by atoms with Crippen LogP contribution in [0, 0.1) is 0 Å². The number of ether oxygens (including phenoxy) is 1. The topological polar surface area (TPSA) is 72.6 Å². The maximum atomic E-state index is 11.2. The summed E-state index contributed by atoms with van der Waals surface area (Å²) in [4.78, 5) is 22.4. The van der Waals surface area contributed by atoms with Crippen molar-refractivity contribution in [3.63, 3.8) is 0 Å². The van der Waals surface area contributed by atoms with Crippen LogP contribution in [-0.4, -0.2) is 24.1 Å². The fourth-order valence-electron chi connectivity index (χ4n) is 0.748. The zero-order valence-electron chi connectivity index (χ0n) is 7.64. The van der Waals surface area contributed by atoms with Gasteiger partial charge in [0, 0.05) is 7.05 Å². The van der Waals surface area contributed by atoms with E-state index in [4.69, 9.17) is 10.5 Å². The number of hydrogen-bond acceptors (Lipinski definition) is 3. The molecular formula is C9H10N2O3. The maximum absolute atomic E-state index is 11.2. The maximum Gasteiger partial charge on any atom is 0.423 e. The van der Waals surface area contributed by atoms with Gasteiger partial charge in [-0.25, -0.2) is 14.5 Å². The molecule has 0 heterocycles. The van der Waals surface area contributed by atoms with Gasteiger partial charge in [0.15, 0.2) is 0 Å². The van der Waals surface area contributed by atoms with Crippen molar-refractivity contribution in [2.24, 2.45) is 5.73 Å². The van der Waals surface area contributed by atoms with Gasteiger partial charge in [0.1, 0.15) is 5.75 Å². The summed E-state index contributed by atoms with van der Waals surface area (Å²) in [6.07, 6.45) is -0.802. The molecule has 0 atom stereocenters. The van der Waals surface area contributed by atoms with Gasteiger partial charge in [-0.2, -0.15) is 0 Å². The normalized spacial score (nSPS) is 9.21. The third kappa shape index (κ3) is 2.48. The minimum absolute atomic E-state index is 0.366. The van der Waals surface area contributed by atoms with E-state index >= 15 is 0 Å². The zero-order valence-corrected chi connectivity index (χ0v) is 7.64. The number of benzene rings is 1. The second-order valence-corrected chi connectivity index (χ2v) is 2.58. The lowest BCUT2D eigenvalue weighted by Gasteiger charge is -2.11. The van der Waals surface area contributed by atoms with Crippen LogP contribution in [0.1, 0.15) is 0 Å². The summed E-state index contributed by atoms with van der Waals surface area (Å²) in [5, 5.41) is 0. The van der Waals surface area contributed by atoms with Gasteiger partial charge < -0.3 is 10.5 Å². The van der Waals surface area contributed by atoms with Crippen molar-refractivity contribution < 1.29 is 14.3 Å². The third-order valence-corrected chi connectivity index (χ3v) is 1.55. The summed E-state index contributed by atoms with van der Waals surface area (Å²) in [5.41, 5.74) is 4.88. The number of amides is 3. The van der Waals surface area contributed by atoms with E-state index in [9.17, 15) is 9.59 Å². The standard InChI is InChI=1S/C9H10N2O3/c1-11(8(10)12)9(13)14-7-5-3-2-4-6-7/h2-6H,1H3,(H2,10,12). The van der Waals surface area contributed by atoms with Crippen LogP contribution in [0.5, 0.6) is 5.75 Å². The molecule has 1 rings (SSSR count). The number of para-hydroxylation sites is 1. The molecule has 0 unspecified atom stereocenters. The van der Waals surface area contributed by atoms with Crippen LogP contribution in [0.3, 0.4) is 0 Å². The van der Waals surface area contributed by atoms with Gasteiger partial charge >= 0.3 is 12.1 Å². The number of carbonyl (C=O) groups excluding carboxylic acids is 2. The highest BCUT2D eigenvalue weighted by atomic mass is 16.6. The Morgan fingerprint density at radius 2 is 1.86 bits per heavy atom. The first-order chi connectivity index (χ1) is 6.61. The molecule has 74 valence electrons. The lowest BCUT2D eigenvalue weighted by molar-refractivity contribution is 0.165. The Balaban J connectivity index is 2.62. The van der Waals surface area contributed by atoms with Crippen LogP contribution in [0.25, 0.3) is 0 Å². The Labute approximate surface area is 81.1 Å². The molecule has 0 aliphatic rings. The third-order valence-electron chi connectivity index (χ3n) is 1.55. The Hall–Kier alpha value is -2.04. The van der Waals surface area contributed by atoms with Crippen LogP contribution < -0.4 is 10.5 Å². The first-order valence-electron chi connectivity index (χ1n) is 3.91. The summed E-state index contributed by atoms with van der Waals surface area (Å²) in [6.45, 7) is 0. The van der Waals surface area contributed by atoms with Gasteiger partial charge in [0.25, 0.3) is 0 Å². The number of primary amides is 1. The zero-order chi connectivity index (χ0) is 10.6. The van der Waals surface area contributed by atoms with Crippen molar-refractivity contribution in [2.75, 3.05) is 7.05 Å². The second kappa shape index (κ2) is 4.27. The highest BCUT2D eigenvalue weighted by Crippen LogP contribution is 2.09. The summed E-state index contributed by atoms with van der Waals surface area (Å²) in [7, 11) is 1.24. The van der Waals surface area contributed by atoms with Crippen molar-refractivity contribution in [3.8, 4) is 5.75 Å². The van der Waals surface area contributed by atoms with Crippen molar-refractivity contribution >= 4 is 12.1 Å². The van der Waals surface area contributed by atoms with E-state index in [0.717, 1.165) is 0 Å². The SMILES string of the molecule is CN(C(N)=O)C(=O)Oc1ccccc1. The molecule has 0 saturated heterocycles. The number of hydrogen-bond donors (Lipinski definition) is 1. The molecule has 0 aromatic heterocycles. The molecule has 0 fully saturated rings. The van der Waals surface area contributed by atoms with E-state index < -0.39 is 12.1 Å². The molecule has 0 aliphatic carbocycles. The van der Waals surface area contributed by atoms with Gasteiger partial charge in [0.2, 0.25) is 0 Å².